The van der Waals surface area contributed by atoms with Gasteiger partial charge in [0.05, 0.1) is 11.3 Å². The number of carboxylic acids is 1. The number of aliphatic carboxylic acids is 1. The van der Waals surface area contributed by atoms with Gasteiger partial charge < -0.3 is 10.5 Å². The molecule has 0 saturated carbocycles. The summed E-state index contributed by atoms with van der Waals surface area (Å²) in [4.78, 5) is 19.7. The van der Waals surface area contributed by atoms with E-state index in [9.17, 15) is 4.79 Å². The molecular weight excluding hydrogens is 405 g/mol. The van der Waals surface area contributed by atoms with Gasteiger partial charge in [-0.15, -0.1) is 0 Å². The Bertz CT molecular complexity index is 664. The van der Waals surface area contributed by atoms with Crippen molar-refractivity contribution >= 4 is 53.1 Å². The number of carbonyl (C=O) groups is 1. The van der Waals surface area contributed by atoms with Crippen molar-refractivity contribution in [3.8, 4) is 0 Å². The van der Waals surface area contributed by atoms with E-state index in [0.717, 1.165) is 36.2 Å². The van der Waals surface area contributed by atoms with Crippen LogP contribution in [0, 0.1) is 5.92 Å². The van der Waals surface area contributed by atoms with Crippen LogP contribution in [0.1, 0.15) is 12.8 Å². The van der Waals surface area contributed by atoms with E-state index >= 15 is 0 Å². The molecule has 2 aromatic heterocycles. The molecule has 21 heavy (non-hydrogen) atoms. The van der Waals surface area contributed by atoms with Crippen molar-refractivity contribution in [2.24, 2.45) is 5.92 Å². The maximum atomic E-state index is 11.1. The van der Waals surface area contributed by atoms with Gasteiger partial charge in [0.1, 0.15) is 6.33 Å². The molecule has 1 unspecified atom stereocenters. The molecule has 0 bridgehead atoms. The molecule has 0 radical (unpaired) electrons. The monoisotopic (exact) mass is 419 g/mol. The quantitative estimate of drug-likeness (QED) is 0.737. The first-order valence-corrected chi connectivity index (χ1v) is 9.86. The maximum Gasteiger partial charge on any atom is 0.307 e. The lowest BCUT2D eigenvalue weighted by Crippen LogP contribution is -2.42. The van der Waals surface area contributed by atoms with Gasteiger partial charge in [0.15, 0.2) is 11.5 Å². The van der Waals surface area contributed by atoms with E-state index in [0.29, 0.717) is 6.54 Å². The second-order valence-corrected chi connectivity index (χ2v) is 6.62. The van der Waals surface area contributed by atoms with E-state index in [2.05, 4.69) is 36.6 Å². The molecule has 0 aliphatic carbocycles. The lowest BCUT2D eigenvalue weighted by Gasteiger charge is -2.31. The molecule has 1 saturated heterocycles. The molecule has 3 heterocycles. The van der Waals surface area contributed by atoms with Gasteiger partial charge in [-0.1, -0.05) is 0 Å². The second-order valence-electron chi connectivity index (χ2n) is 4.91. The van der Waals surface area contributed by atoms with E-state index in [-0.39, 0.29) is 5.92 Å². The van der Waals surface area contributed by atoms with Crippen molar-refractivity contribution in [1.82, 2.24) is 18.9 Å². The number of nitrogens with one attached hydrogen (secondary N) is 1. The van der Waals surface area contributed by atoms with Gasteiger partial charge in [0.25, 0.3) is 0 Å². The summed E-state index contributed by atoms with van der Waals surface area (Å²) in [5, 5.41) is 12.0. The normalized spacial score (nSPS) is 19.8. The number of halogens is 1. The predicted molar refractivity (Wildman–Crippen MR) is 90.1 cm³/mol. The molecule has 112 valence electrons. The number of rotatable bonds is 4. The molecule has 1 fully saturated rings. The number of nitrogens with zero attached hydrogens (tertiary/aromatic N) is 4. The Balaban J connectivity index is 1.81. The molecule has 1 aliphatic rings. The van der Waals surface area contributed by atoms with Crippen LogP contribution in [0.15, 0.2) is 18.6 Å². The summed E-state index contributed by atoms with van der Waals surface area (Å²) in [6.45, 7) is 1.31. The fourth-order valence-electron chi connectivity index (χ4n) is 2.50. The fourth-order valence-corrected chi connectivity index (χ4v) is 3.77. The molecule has 2 aromatic rings. The summed E-state index contributed by atoms with van der Waals surface area (Å²) >= 11 is 2.20. The largest absolute Gasteiger partial charge is 0.481 e. The van der Waals surface area contributed by atoms with Crippen LogP contribution in [-0.4, -0.2) is 43.1 Å². The minimum Gasteiger partial charge on any atom is -0.481 e. The first-order chi connectivity index (χ1) is 10.2. The Labute approximate surface area is 137 Å². The SMILES string of the molecule is O=C(O)C1CCCN(Nc2ncnc3c2ccn3SI)C1. The highest BCUT2D eigenvalue weighted by molar-refractivity contribution is 14.2. The van der Waals surface area contributed by atoms with Crippen LogP contribution in [0.4, 0.5) is 5.82 Å². The molecule has 7 nitrogen and oxygen atoms in total. The zero-order valence-corrected chi connectivity index (χ0v) is 14.0. The summed E-state index contributed by atoms with van der Waals surface area (Å²) in [7, 11) is 1.54. The third-order valence-corrected chi connectivity index (χ3v) is 5.27. The molecule has 1 aliphatic heterocycles. The number of carboxylic acid groups (broad SMARTS) is 1. The van der Waals surface area contributed by atoms with Crippen molar-refractivity contribution < 1.29 is 9.90 Å². The molecule has 0 spiro atoms. The molecule has 2 N–H and O–H groups in total. The number of hydrogen-bond acceptors (Lipinski definition) is 6. The van der Waals surface area contributed by atoms with Gasteiger partial charge >= 0.3 is 5.97 Å². The number of hydrogen-bond donors (Lipinski definition) is 2. The Morgan fingerprint density at radius 3 is 3.14 bits per heavy atom. The van der Waals surface area contributed by atoms with Crippen LogP contribution in [0.3, 0.4) is 0 Å². The molecular formula is C12H14IN5O2S. The molecule has 0 aromatic carbocycles. The lowest BCUT2D eigenvalue weighted by molar-refractivity contribution is -0.143. The third-order valence-electron chi connectivity index (χ3n) is 3.56. The Morgan fingerprint density at radius 2 is 2.38 bits per heavy atom. The maximum absolute atomic E-state index is 11.1. The third kappa shape index (κ3) is 3.09. The number of anilines is 1. The zero-order valence-electron chi connectivity index (χ0n) is 11.1. The smallest absolute Gasteiger partial charge is 0.307 e. The fraction of sp³-hybridized carbons (Fsp3) is 0.417. The summed E-state index contributed by atoms with van der Waals surface area (Å²) < 4.78 is 1.96. The molecule has 9 heteroatoms. The minimum atomic E-state index is -0.734. The second kappa shape index (κ2) is 6.36. The summed E-state index contributed by atoms with van der Waals surface area (Å²) in [6, 6.07) is 1.96. The topological polar surface area (TPSA) is 83.3 Å². The van der Waals surface area contributed by atoms with Crippen molar-refractivity contribution in [3.63, 3.8) is 0 Å². The van der Waals surface area contributed by atoms with Crippen molar-refractivity contribution in [1.29, 1.82) is 0 Å². The molecule has 3 rings (SSSR count). The average Bonchev–Trinajstić information content (AvgIpc) is 2.92. The van der Waals surface area contributed by atoms with Crippen LogP contribution in [0.5, 0.6) is 0 Å². The summed E-state index contributed by atoms with van der Waals surface area (Å²) in [5.41, 5.74) is 4.09. The van der Waals surface area contributed by atoms with E-state index in [1.807, 2.05) is 21.2 Å². The Hall–Kier alpha value is -1.07. The van der Waals surface area contributed by atoms with Crippen LogP contribution in [0.2, 0.25) is 0 Å². The van der Waals surface area contributed by atoms with Gasteiger partial charge in [-0.3, -0.25) is 8.77 Å². The van der Waals surface area contributed by atoms with E-state index < -0.39 is 5.97 Å². The minimum absolute atomic E-state index is 0.321. The van der Waals surface area contributed by atoms with Crippen LogP contribution in [0.25, 0.3) is 11.0 Å². The average molecular weight is 419 g/mol. The van der Waals surface area contributed by atoms with Gasteiger partial charge in [-0.2, -0.15) is 0 Å². The van der Waals surface area contributed by atoms with Gasteiger partial charge in [-0.05, 0) is 18.9 Å². The van der Waals surface area contributed by atoms with Crippen molar-refractivity contribution in [2.45, 2.75) is 12.8 Å². The van der Waals surface area contributed by atoms with E-state index in [4.69, 9.17) is 5.11 Å². The van der Waals surface area contributed by atoms with Gasteiger partial charge in [0.2, 0.25) is 0 Å². The standard InChI is InChI=1S/C12H14IN5O2S/c13-21-18-5-3-9-10(14-7-15-11(9)18)16-17-4-1-2-8(6-17)12(19)20/h3,5,7-8H,1-2,4,6H2,(H,19,20)(H,14,15,16). The Kier molecular flexibility index (Phi) is 4.50. The number of piperidine rings is 1. The van der Waals surface area contributed by atoms with E-state index in [1.54, 1.807) is 9.12 Å². The first kappa shape index (κ1) is 14.9. The van der Waals surface area contributed by atoms with Crippen molar-refractivity contribution in [2.75, 3.05) is 18.5 Å². The Morgan fingerprint density at radius 1 is 1.52 bits per heavy atom. The highest BCUT2D eigenvalue weighted by atomic mass is 127. The summed E-state index contributed by atoms with van der Waals surface area (Å²) in [5.74, 6) is -0.338. The lowest BCUT2D eigenvalue weighted by atomic mass is 10.00. The van der Waals surface area contributed by atoms with Crippen LogP contribution in [-0.2, 0) is 4.79 Å². The number of fused-ring (bicyclic) bond motifs is 1. The van der Waals surface area contributed by atoms with E-state index in [1.165, 1.54) is 6.33 Å². The predicted octanol–water partition coefficient (Wildman–Crippen LogP) is 2.40. The number of aromatic nitrogens is 3. The summed E-state index contributed by atoms with van der Waals surface area (Å²) in [6.07, 6.45) is 5.06. The molecule has 1 atom stereocenters. The van der Waals surface area contributed by atoms with Crippen LogP contribution < -0.4 is 5.43 Å². The van der Waals surface area contributed by atoms with Gasteiger partial charge in [0, 0.05) is 49.6 Å². The first-order valence-electron chi connectivity index (χ1n) is 6.54. The van der Waals surface area contributed by atoms with Crippen molar-refractivity contribution in [3.05, 3.63) is 18.6 Å². The molecule has 0 amide bonds. The number of hydrazine groups is 1. The highest BCUT2D eigenvalue weighted by Gasteiger charge is 2.25. The highest BCUT2D eigenvalue weighted by Crippen LogP contribution is 2.27. The van der Waals surface area contributed by atoms with Gasteiger partial charge in [-0.25, -0.2) is 15.0 Å². The van der Waals surface area contributed by atoms with Crippen LogP contribution >= 0.6 is 30.3 Å². The zero-order chi connectivity index (χ0) is 14.8.